The highest BCUT2D eigenvalue weighted by Crippen LogP contribution is 2.37. The van der Waals surface area contributed by atoms with Crippen LogP contribution in [0.5, 0.6) is 11.5 Å². The number of benzodiazepines with no additional fused rings is 1. The van der Waals surface area contributed by atoms with Gasteiger partial charge in [0.2, 0.25) is 5.91 Å². The minimum absolute atomic E-state index is 0.0685. The van der Waals surface area contributed by atoms with Crippen molar-refractivity contribution < 1.29 is 14.3 Å². The maximum absolute atomic E-state index is 12.2. The number of hydrogen-bond donors (Lipinski definition) is 1. The molecule has 1 heterocycles. The number of methoxy groups -OCH3 is 2. The Bertz CT molecular complexity index is 1040. The van der Waals surface area contributed by atoms with Gasteiger partial charge in [0.05, 0.1) is 25.6 Å². The van der Waals surface area contributed by atoms with Crippen LogP contribution in [-0.2, 0) is 4.79 Å². The molecule has 1 aliphatic heterocycles. The van der Waals surface area contributed by atoms with Crippen LogP contribution in [0.15, 0.2) is 71.7 Å². The molecule has 28 heavy (non-hydrogen) atoms. The zero-order valence-corrected chi connectivity index (χ0v) is 15.7. The van der Waals surface area contributed by atoms with Crippen LogP contribution in [0.25, 0.3) is 11.1 Å². The summed E-state index contributed by atoms with van der Waals surface area (Å²) in [5.41, 5.74) is 5.20. The SMILES string of the molecule is COc1ccc(C2=NCC(=O)Nc3cc(OC)c(-c4ccccc4)cc32)cc1. The molecule has 1 aliphatic rings. The van der Waals surface area contributed by atoms with Crippen molar-refractivity contribution in [3.05, 3.63) is 77.9 Å². The zero-order chi connectivity index (χ0) is 19.5. The van der Waals surface area contributed by atoms with Gasteiger partial charge in [0.1, 0.15) is 18.0 Å². The summed E-state index contributed by atoms with van der Waals surface area (Å²) in [7, 11) is 3.26. The Morgan fingerprint density at radius 3 is 2.29 bits per heavy atom. The largest absolute Gasteiger partial charge is 0.497 e. The van der Waals surface area contributed by atoms with E-state index in [0.717, 1.165) is 33.7 Å². The molecule has 5 nitrogen and oxygen atoms in total. The summed E-state index contributed by atoms with van der Waals surface area (Å²) in [5, 5.41) is 2.94. The van der Waals surface area contributed by atoms with Gasteiger partial charge in [-0.05, 0) is 35.9 Å². The normalized spacial score (nSPS) is 13.1. The Hall–Kier alpha value is -3.60. The monoisotopic (exact) mass is 372 g/mol. The molecule has 1 N–H and O–H groups in total. The maximum atomic E-state index is 12.2. The molecule has 0 atom stereocenters. The molecular formula is C23H20N2O3. The molecule has 0 saturated carbocycles. The average Bonchev–Trinajstić information content (AvgIpc) is 2.91. The first-order chi connectivity index (χ1) is 13.7. The number of carbonyl (C=O) groups is 1. The molecule has 5 heteroatoms. The molecule has 4 rings (SSSR count). The molecule has 140 valence electrons. The second kappa shape index (κ2) is 7.56. The Labute approximate surface area is 163 Å². The fourth-order valence-corrected chi connectivity index (χ4v) is 3.31. The maximum Gasteiger partial charge on any atom is 0.246 e. The lowest BCUT2D eigenvalue weighted by Gasteiger charge is -2.16. The number of ether oxygens (including phenoxy) is 2. The summed E-state index contributed by atoms with van der Waals surface area (Å²) in [6.45, 7) is 0.0685. The average molecular weight is 372 g/mol. The molecule has 0 fully saturated rings. The van der Waals surface area contributed by atoms with Crippen LogP contribution in [0, 0.1) is 0 Å². The van der Waals surface area contributed by atoms with Crippen molar-refractivity contribution in [2.24, 2.45) is 4.99 Å². The van der Waals surface area contributed by atoms with E-state index in [0.29, 0.717) is 11.4 Å². The summed E-state index contributed by atoms with van der Waals surface area (Å²) in [6, 6.07) is 21.6. The molecule has 0 unspecified atom stereocenters. The molecule has 0 spiro atoms. The van der Waals surface area contributed by atoms with E-state index in [9.17, 15) is 4.79 Å². The number of aliphatic imine (C=N–C) groups is 1. The summed E-state index contributed by atoms with van der Waals surface area (Å²) >= 11 is 0. The van der Waals surface area contributed by atoms with E-state index in [-0.39, 0.29) is 12.5 Å². The standard InChI is InChI=1S/C23H20N2O3/c1-27-17-10-8-16(9-11-17)23-19-12-18(15-6-4-3-5-7-15)21(28-2)13-20(19)25-22(26)14-24-23/h3-13H,14H2,1-2H3,(H,25,26). The van der Waals surface area contributed by atoms with Crippen LogP contribution in [0.1, 0.15) is 11.1 Å². The predicted molar refractivity (Wildman–Crippen MR) is 111 cm³/mol. The number of nitrogens with one attached hydrogen (secondary N) is 1. The van der Waals surface area contributed by atoms with E-state index in [1.807, 2.05) is 66.7 Å². The fraction of sp³-hybridized carbons (Fsp3) is 0.130. The van der Waals surface area contributed by atoms with Gasteiger partial charge in [-0.15, -0.1) is 0 Å². The number of fused-ring (bicyclic) bond motifs is 1. The molecule has 0 bridgehead atoms. The van der Waals surface area contributed by atoms with Crippen molar-refractivity contribution >= 4 is 17.3 Å². The molecule has 3 aromatic rings. The van der Waals surface area contributed by atoms with Gasteiger partial charge in [-0.3, -0.25) is 9.79 Å². The highest BCUT2D eigenvalue weighted by atomic mass is 16.5. The van der Waals surface area contributed by atoms with E-state index in [1.165, 1.54) is 0 Å². The third-order valence-electron chi connectivity index (χ3n) is 4.70. The molecule has 0 aliphatic carbocycles. The quantitative estimate of drug-likeness (QED) is 0.748. The van der Waals surface area contributed by atoms with Gasteiger partial charge in [0.25, 0.3) is 0 Å². The molecular weight excluding hydrogens is 352 g/mol. The number of benzene rings is 3. The first-order valence-electron chi connectivity index (χ1n) is 8.96. The molecule has 3 aromatic carbocycles. The molecule has 1 amide bonds. The van der Waals surface area contributed by atoms with E-state index >= 15 is 0 Å². The minimum Gasteiger partial charge on any atom is -0.497 e. The van der Waals surface area contributed by atoms with Gasteiger partial charge in [-0.25, -0.2) is 0 Å². The fourth-order valence-electron chi connectivity index (χ4n) is 3.31. The van der Waals surface area contributed by atoms with Crippen LogP contribution in [0.2, 0.25) is 0 Å². The van der Waals surface area contributed by atoms with Crippen LogP contribution in [0.4, 0.5) is 5.69 Å². The van der Waals surface area contributed by atoms with Gasteiger partial charge < -0.3 is 14.8 Å². The summed E-state index contributed by atoms with van der Waals surface area (Å²) < 4.78 is 10.9. The van der Waals surface area contributed by atoms with Crippen molar-refractivity contribution in [2.45, 2.75) is 0 Å². The zero-order valence-electron chi connectivity index (χ0n) is 15.7. The van der Waals surface area contributed by atoms with Gasteiger partial charge >= 0.3 is 0 Å². The van der Waals surface area contributed by atoms with Gasteiger partial charge in [0, 0.05) is 22.8 Å². The topological polar surface area (TPSA) is 59.9 Å². The Balaban J connectivity index is 1.90. The van der Waals surface area contributed by atoms with Gasteiger partial charge in [0.15, 0.2) is 0 Å². The van der Waals surface area contributed by atoms with Crippen molar-refractivity contribution in [3.63, 3.8) is 0 Å². The highest BCUT2D eigenvalue weighted by Gasteiger charge is 2.21. The summed E-state index contributed by atoms with van der Waals surface area (Å²) in [4.78, 5) is 16.8. The van der Waals surface area contributed by atoms with Crippen LogP contribution < -0.4 is 14.8 Å². The number of nitrogens with zero attached hydrogens (tertiary/aromatic N) is 1. The molecule has 0 saturated heterocycles. The van der Waals surface area contributed by atoms with E-state index in [2.05, 4.69) is 10.3 Å². The van der Waals surface area contributed by atoms with Crippen LogP contribution in [0.3, 0.4) is 0 Å². The smallest absolute Gasteiger partial charge is 0.246 e. The van der Waals surface area contributed by atoms with Crippen molar-refractivity contribution in [3.8, 4) is 22.6 Å². The number of hydrogen-bond acceptors (Lipinski definition) is 4. The van der Waals surface area contributed by atoms with E-state index in [1.54, 1.807) is 14.2 Å². The van der Waals surface area contributed by atoms with E-state index < -0.39 is 0 Å². The Morgan fingerprint density at radius 2 is 1.61 bits per heavy atom. The Kier molecular flexibility index (Phi) is 4.81. The number of carbonyl (C=O) groups excluding carboxylic acids is 1. The van der Waals surface area contributed by atoms with Crippen LogP contribution in [-0.4, -0.2) is 32.4 Å². The lowest BCUT2D eigenvalue weighted by Crippen LogP contribution is -2.13. The van der Waals surface area contributed by atoms with Crippen molar-refractivity contribution in [1.29, 1.82) is 0 Å². The minimum atomic E-state index is -0.153. The summed E-state index contributed by atoms with van der Waals surface area (Å²) in [6.07, 6.45) is 0. The summed E-state index contributed by atoms with van der Waals surface area (Å²) in [5.74, 6) is 1.31. The lowest BCUT2D eigenvalue weighted by molar-refractivity contribution is -0.114. The Morgan fingerprint density at radius 1 is 0.857 bits per heavy atom. The first kappa shape index (κ1) is 17.8. The van der Waals surface area contributed by atoms with Gasteiger partial charge in [-0.2, -0.15) is 0 Å². The molecule has 0 aromatic heterocycles. The lowest BCUT2D eigenvalue weighted by atomic mass is 9.95. The predicted octanol–water partition coefficient (Wildman–Crippen LogP) is 4.16. The number of amides is 1. The molecule has 0 radical (unpaired) electrons. The number of rotatable bonds is 4. The third-order valence-corrected chi connectivity index (χ3v) is 4.70. The van der Waals surface area contributed by atoms with Crippen molar-refractivity contribution in [2.75, 3.05) is 26.1 Å². The second-order valence-electron chi connectivity index (χ2n) is 6.41. The van der Waals surface area contributed by atoms with Crippen LogP contribution >= 0.6 is 0 Å². The first-order valence-corrected chi connectivity index (χ1v) is 8.96. The third kappa shape index (κ3) is 3.34. The number of anilines is 1. The van der Waals surface area contributed by atoms with Crippen molar-refractivity contribution in [1.82, 2.24) is 0 Å². The highest BCUT2D eigenvalue weighted by molar-refractivity contribution is 6.20. The second-order valence-corrected chi connectivity index (χ2v) is 6.41. The van der Waals surface area contributed by atoms with Gasteiger partial charge in [-0.1, -0.05) is 30.3 Å². The van der Waals surface area contributed by atoms with E-state index in [4.69, 9.17) is 9.47 Å².